The summed E-state index contributed by atoms with van der Waals surface area (Å²) in [4.78, 5) is 16.4. The summed E-state index contributed by atoms with van der Waals surface area (Å²) in [6, 6.07) is 11.0. The summed E-state index contributed by atoms with van der Waals surface area (Å²) < 4.78 is 12.3. The van der Waals surface area contributed by atoms with Gasteiger partial charge >= 0.3 is 0 Å². The minimum atomic E-state index is -0.463. The number of ether oxygens (including phenoxy) is 2. The van der Waals surface area contributed by atoms with Gasteiger partial charge in [0.2, 0.25) is 11.6 Å². The average Bonchev–Trinajstić information content (AvgIpc) is 3.36. The molecule has 0 N–H and O–H groups in total. The highest BCUT2D eigenvalue weighted by Crippen LogP contribution is 2.37. The molecule has 8 nitrogen and oxygen atoms in total. The zero-order valence-electron chi connectivity index (χ0n) is 17.1. The van der Waals surface area contributed by atoms with Crippen LogP contribution in [0.2, 0.25) is 0 Å². The third kappa shape index (κ3) is 4.41. The van der Waals surface area contributed by atoms with E-state index in [0.29, 0.717) is 28.4 Å². The van der Waals surface area contributed by atoms with Crippen molar-refractivity contribution in [3.05, 3.63) is 80.0 Å². The molecule has 2 heterocycles. The molecule has 1 aliphatic rings. The van der Waals surface area contributed by atoms with Crippen LogP contribution in [-0.2, 0) is 0 Å². The second-order valence-corrected chi connectivity index (χ2v) is 7.96. The van der Waals surface area contributed by atoms with Gasteiger partial charge in [-0.1, -0.05) is 42.0 Å². The van der Waals surface area contributed by atoms with Gasteiger partial charge in [-0.3, -0.25) is 15.1 Å². The Labute approximate surface area is 182 Å². The molecule has 0 fully saturated rings. The fourth-order valence-electron chi connectivity index (χ4n) is 2.97. The van der Waals surface area contributed by atoms with Crippen molar-refractivity contribution in [3.8, 4) is 22.8 Å². The maximum absolute atomic E-state index is 11.6. The summed E-state index contributed by atoms with van der Waals surface area (Å²) in [5.41, 5.74) is 4.08. The molecule has 1 aliphatic heterocycles. The zero-order chi connectivity index (χ0) is 22.0. The number of aryl methyl sites for hydroxylation is 1. The molecule has 0 spiro atoms. The topological polar surface area (TPSA) is 91.2 Å². The van der Waals surface area contributed by atoms with Gasteiger partial charge < -0.3 is 9.47 Å². The highest BCUT2D eigenvalue weighted by molar-refractivity contribution is 7.07. The Hall–Kier alpha value is -3.72. The van der Waals surface area contributed by atoms with E-state index < -0.39 is 4.92 Å². The third-order valence-electron chi connectivity index (χ3n) is 4.55. The van der Waals surface area contributed by atoms with E-state index in [2.05, 4.69) is 16.7 Å². The first-order chi connectivity index (χ1) is 14.9. The third-order valence-corrected chi connectivity index (χ3v) is 5.40. The van der Waals surface area contributed by atoms with Gasteiger partial charge in [0.25, 0.3) is 5.69 Å². The highest BCUT2D eigenvalue weighted by atomic mass is 32.1. The normalized spacial score (nSPS) is 13.2. The quantitative estimate of drug-likeness (QED) is 0.246. The molecule has 9 heteroatoms. The van der Waals surface area contributed by atoms with E-state index in [1.54, 1.807) is 10.7 Å². The van der Waals surface area contributed by atoms with Crippen LogP contribution in [0.5, 0.6) is 11.5 Å². The van der Waals surface area contributed by atoms with Crippen LogP contribution >= 0.6 is 11.3 Å². The second kappa shape index (κ2) is 8.57. The maximum Gasteiger partial charge on any atom is 0.282 e. The van der Waals surface area contributed by atoms with Crippen molar-refractivity contribution in [1.82, 2.24) is 4.68 Å². The van der Waals surface area contributed by atoms with Crippen molar-refractivity contribution in [3.63, 3.8) is 0 Å². The predicted molar refractivity (Wildman–Crippen MR) is 120 cm³/mol. The summed E-state index contributed by atoms with van der Waals surface area (Å²) in [7, 11) is 0. The molecule has 1 aromatic heterocycles. The molecule has 0 saturated heterocycles. The van der Waals surface area contributed by atoms with Crippen molar-refractivity contribution in [2.75, 3.05) is 13.3 Å². The van der Waals surface area contributed by atoms with E-state index in [1.165, 1.54) is 23.6 Å². The van der Waals surface area contributed by atoms with E-state index >= 15 is 0 Å². The Kier molecular flexibility index (Phi) is 5.68. The Bertz CT molecular complexity index is 1260. The number of nitro groups is 1. The highest BCUT2D eigenvalue weighted by Gasteiger charge is 2.22. The van der Waals surface area contributed by atoms with E-state index in [9.17, 15) is 10.1 Å². The smallest absolute Gasteiger partial charge is 0.282 e. The lowest BCUT2D eigenvalue weighted by atomic mass is 10.1. The Morgan fingerprint density at radius 2 is 2.00 bits per heavy atom. The monoisotopic (exact) mass is 436 g/mol. The van der Waals surface area contributed by atoms with Crippen LogP contribution in [0.15, 0.2) is 64.0 Å². The molecule has 0 atom stereocenters. The molecule has 0 bridgehead atoms. The minimum Gasteiger partial charge on any atom is -0.454 e. The van der Waals surface area contributed by atoms with E-state index in [0.717, 1.165) is 22.4 Å². The largest absolute Gasteiger partial charge is 0.454 e. The Balaban J connectivity index is 1.82. The van der Waals surface area contributed by atoms with Crippen LogP contribution < -0.4 is 14.3 Å². The summed E-state index contributed by atoms with van der Waals surface area (Å²) >= 11 is 1.45. The van der Waals surface area contributed by atoms with E-state index in [4.69, 9.17) is 9.47 Å². The van der Waals surface area contributed by atoms with Gasteiger partial charge in [0.05, 0.1) is 35.0 Å². The molecule has 3 aromatic rings. The van der Waals surface area contributed by atoms with Gasteiger partial charge in [-0.15, -0.1) is 11.3 Å². The van der Waals surface area contributed by atoms with Crippen molar-refractivity contribution < 1.29 is 14.4 Å². The summed E-state index contributed by atoms with van der Waals surface area (Å²) in [5.74, 6) is 0.804. The van der Waals surface area contributed by atoms with Gasteiger partial charge in [-0.05, 0) is 19.9 Å². The first-order valence-corrected chi connectivity index (χ1v) is 10.3. The molecule has 158 valence electrons. The average molecular weight is 436 g/mol. The van der Waals surface area contributed by atoms with Crippen molar-refractivity contribution in [2.24, 2.45) is 10.1 Å². The van der Waals surface area contributed by atoms with Crippen LogP contribution in [0.4, 0.5) is 5.69 Å². The Morgan fingerprint density at radius 3 is 2.68 bits per heavy atom. The SMILES string of the molecule is C=C(C)CN=c1scc(-c2ccc(C)cc2)n1N=Cc1cc2c(cc1[N+](=O)[O-])OCO2. The molecule has 0 saturated carbocycles. The van der Waals surface area contributed by atoms with Crippen molar-refractivity contribution in [2.45, 2.75) is 13.8 Å². The van der Waals surface area contributed by atoms with E-state index in [1.807, 2.05) is 43.5 Å². The van der Waals surface area contributed by atoms with Crippen LogP contribution in [0.1, 0.15) is 18.1 Å². The maximum atomic E-state index is 11.6. The summed E-state index contributed by atoms with van der Waals surface area (Å²) in [6.45, 7) is 8.32. The van der Waals surface area contributed by atoms with Gasteiger partial charge in [0.15, 0.2) is 11.5 Å². The summed E-state index contributed by atoms with van der Waals surface area (Å²) in [6.07, 6.45) is 1.45. The molecular formula is C22H20N4O4S. The van der Waals surface area contributed by atoms with Crippen molar-refractivity contribution in [1.29, 1.82) is 0 Å². The molecular weight excluding hydrogens is 416 g/mol. The molecule has 31 heavy (non-hydrogen) atoms. The van der Waals surface area contributed by atoms with E-state index in [-0.39, 0.29) is 12.5 Å². The lowest BCUT2D eigenvalue weighted by Gasteiger charge is -2.05. The van der Waals surface area contributed by atoms with Crippen LogP contribution in [0.3, 0.4) is 0 Å². The second-order valence-electron chi connectivity index (χ2n) is 7.12. The van der Waals surface area contributed by atoms with Gasteiger partial charge in [-0.2, -0.15) is 5.10 Å². The minimum absolute atomic E-state index is 0.0356. The van der Waals surface area contributed by atoms with Crippen molar-refractivity contribution >= 4 is 23.2 Å². The number of hydrogen-bond donors (Lipinski definition) is 0. The number of nitro benzene ring substituents is 1. The van der Waals surface area contributed by atoms with Crippen LogP contribution in [0, 0.1) is 17.0 Å². The standard InChI is InChI=1S/C22H20N4O4S/c1-14(2)10-23-22-25(19(12-31-22)16-6-4-15(3)5-7-16)24-11-17-8-20-21(30-13-29-20)9-18(17)26(27)28/h4-9,11-12H,1,10,13H2,2-3H3. The number of rotatable bonds is 6. The van der Waals surface area contributed by atoms with Crippen LogP contribution in [-0.4, -0.2) is 29.2 Å². The fraction of sp³-hybridized carbons (Fsp3) is 0.182. The fourth-order valence-corrected chi connectivity index (χ4v) is 3.81. The van der Waals surface area contributed by atoms with Gasteiger partial charge in [-0.25, -0.2) is 4.68 Å². The first kappa shape index (κ1) is 20.5. The number of nitrogens with zero attached hydrogens (tertiary/aromatic N) is 4. The number of hydrogen-bond acceptors (Lipinski definition) is 7. The van der Waals surface area contributed by atoms with Gasteiger partial charge in [0, 0.05) is 10.9 Å². The number of aromatic nitrogens is 1. The van der Waals surface area contributed by atoms with Gasteiger partial charge in [0.1, 0.15) is 0 Å². The lowest BCUT2D eigenvalue weighted by molar-refractivity contribution is -0.385. The Morgan fingerprint density at radius 1 is 1.29 bits per heavy atom. The molecule has 0 unspecified atom stereocenters. The molecule has 0 amide bonds. The summed E-state index contributed by atoms with van der Waals surface area (Å²) in [5, 5.41) is 18.1. The lowest BCUT2D eigenvalue weighted by Crippen LogP contribution is -2.13. The number of benzene rings is 2. The first-order valence-electron chi connectivity index (χ1n) is 9.47. The molecule has 0 aliphatic carbocycles. The number of fused-ring (bicyclic) bond motifs is 1. The number of thiazole rings is 1. The molecule has 2 aromatic carbocycles. The molecule has 0 radical (unpaired) electrons. The zero-order valence-corrected chi connectivity index (χ0v) is 17.9. The van der Waals surface area contributed by atoms with Crippen LogP contribution in [0.25, 0.3) is 11.3 Å². The predicted octanol–water partition coefficient (Wildman–Crippen LogP) is 4.52. The molecule has 4 rings (SSSR count).